The van der Waals surface area contributed by atoms with Gasteiger partial charge in [-0.3, -0.25) is 9.89 Å². The van der Waals surface area contributed by atoms with E-state index in [0.29, 0.717) is 12.3 Å². The number of aromatic amines is 1. The minimum atomic E-state index is -0.322. The molecule has 1 aliphatic heterocycles. The van der Waals surface area contributed by atoms with Crippen molar-refractivity contribution in [3.63, 3.8) is 0 Å². The number of hydrogen-bond donors (Lipinski definition) is 1. The summed E-state index contributed by atoms with van der Waals surface area (Å²) in [6.45, 7) is 3.45. The van der Waals surface area contributed by atoms with Crippen LogP contribution in [0.3, 0.4) is 0 Å². The van der Waals surface area contributed by atoms with Gasteiger partial charge in [-0.2, -0.15) is 5.10 Å². The zero-order valence-corrected chi connectivity index (χ0v) is 15.6. The largest absolute Gasteiger partial charge is 0.484 e. The van der Waals surface area contributed by atoms with E-state index >= 15 is 0 Å². The molecule has 2 aliphatic rings. The highest BCUT2D eigenvalue weighted by atomic mass is 19.1. The lowest BCUT2D eigenvalue weighted by atomic mass is 9.62. The summed E-state index contributed by atoms with van der Waals surface area (Å²) in [6.07, 6.45) is 5.32. The number of rotatable bonds is 6. The molecule has 0 radical (unpaired) electrons. The van der Waals surface area contributed by atoms with Gasteiger partial charge in [0.05, 0.1) is 0 Å². The molecule has 1 aromatic heterocycles. The molecule has 1 atom stereocenters. The number of benzene rings is 1. The maximum Gasteiger partial charge on any atom is 0.260 e. The molecule has 2 fully saturated rings. The molecule has 1 spiro atoms. The number of aromatic nitrogens is 3. The molecule has 1 N–H and O–H groups in total. The second-order valence-corrected chi connectivity index (χ2v) is 7.68. The van der Waals surface area contributed by atoms with E-state index < -0.39 is 0 Å². The number of nitrogens with one attached hydrogen (secondary N) is 1. The van der Waals surface area contributed by atoms with Crippen LogP contribution in [0.1, 0.15) is 50.2 Å². The van der Waals surface area contributed by atoms with Crippen LogP contribution >= 0.6 is 0 Å². The fourth-order valence-corrected chi connectivity index (χ4v) is 4.23. The van der Waals surface area contributed by atoms with Crippen LogP contribution in [0.5, 0.6) is 5.75 Å². The van der Waals surface area contributed by atoms with Gasteiger partial charge in [0.25, 0.3) is 5.91 Å². The van der Waals surface area contributed by atoms with Gasteiger partial charge < -0.3 is 9.64 Å². The van der Waals surface area contributed by atoms with Gasteiger partial charge in [0, 0.05) is 25.4 Å². The highest BCUT2D eigenvalue weighted by Gasteiger charge is 2.53. The first-order valence-corrected chi connectivity index (χ1v) is 9.67. The Bertz CT molecular complexity index is 801. The van der Waals surface area contributed by atoms with Gasteiger partial charge in [0.2, 0.25) is 0 Å². The molecule has 27 heavy (non-hydrogen) atoms. The standard InChI is InChI=1S/C20H25FN4O2/c1-2-4-17-22-19(24-23-17)16-11-25(13-20(16)9-3-10-20)18(26)12-27-15-7-5-14(21)6-8-15/h5-8,16H,2-4,9-13H2,1H3,(H,22,23,24). The van der Waals surface area contributed by atoms with Crippen molar-refractivity contribution < 1.29 is 13.9 Å². The number of amides is 1. The molecule has 1 amide bonds. The molecule has 6 nitrogen and oxygen atoms in total. The summed E-state index contributed by atoms with van der Waals surface area (Å²) in [5, 5.41) is 7.49. The Morgan fingerprint density at radius 1 is 1.37 bits per heavy atom. The number of carbonyl (C=O) groups excluding carboxylic acids is 1. The van der Waals surface area contributed by atoms with E-state index in [-0.39, 0.29) is 29.7 Å². The van der Waals surface area contributed by atoms with E-state index in [0.717, 1.165) is 43.9 Å². The summed E-state index contributed by atoms with van der Waals surface area (Å²) >= 11 is 0. The molecule has 0 bridgehead atoms. The number of hydrogen-bond acceptors (Lipinski definition) is 4. The molecule has 144 valence electrons. The molecule has 2 heterocycles. The first-order chi connectivity index (χ1) is 13.1. The molecule has 1 unspecified atom stereocenters. The second-order valence-electron chi connectivity index (χ2n) is 7.68. The van der Waals surface area contributed by atoms with Crippen LogP contribution in [0.15, 0.2) is 24.3 Å². The minimum absolute atomic E-state index is 0.0382. The number of ether oxygens (including phenoxy) is 1. The van der Waals surface area contributed by atoms with E-state index in [2.05, 4.69) is 22.1 Å². The molecule has 1 saturated heterocycles. The van der Waals surface area contributed by atoms with Crippen molar-refractivity contribution in [1.82, 2.24) is 20.1 Å². The average Bonchev–Trinajstić information content (AvgIpc) is 3.25. The maximum absolute atomic E-state index is 13.0. The summed E-state index contributed by atoms with van der Waals surface area (Å²) in [6, 6.07) is 5.72. The second kappa shape index (κ2) is 7.29. The van der Waals surface area contributed by atoms with Crippen molar-refractivity contribution in [3.8, 4) is 5.75 Å². The third-order valence-corrected chi connectivity index (χ3v) is 5.87. The Balaban J connectivity index is 1.42. The first kappa shape index (κ1) is 17.9. The van der Waals surface area contributed by atoms with E-state index in [1.807, 2.05) is 4.90 Å². The predicted molar refractivity (Wildman–Crippen MR) is 97.9 cm³/mol. The van der Waals surface area contributed by atoms with Crippen LogP contribution in [0.2, 0.25) is 0 Å². The lowest BCUT2D eigenvalue weighted by Gasteiger charge is -2.41. The van der Waals surface area contributed by atoms with Crippen LogP contribution in [0.4, 0.5) is 4.39 Å². The lowest BCUT2D eigenvalue weighted by molar-refractivity contribution is -0.133. The van der Waals surface area contributed by atoms with Gasteiger partial charge in [-0.25, -0.2) is 9.37 Å². The Labute approximate surface area is 158 Å². The summed E-state index contributed by atoms with van der Waals surface area (Å²) in [5.74, 6) is 2.08. The number of carbonyl (C=O) groups is 1. The fraction of sp³-hybridized carbons (Fsp3) is 0.550. The molecular weight excluding hydrogens is 347 g/mol. The van der Waals surface area contributed by atoms with Crippen molar-refractivity contribution in [3.05, 3.63) is 41.7 Å². The highest BCUT2D eigenvalue weighted by Crippen LogP contribution is 2.55. The van der Waals surface area contributed by atoms with Gasteiger partial charge in [-0.1, -0.05) is 13.3 Å². The number of halogens is 1. The van der Waals surface area contributed by atoms with Gasteiger partial charge in [-0.05, 0) is 48.9 Å². The summed E-state index contributed by atoms with van der Waals surface area (Å²) in [5.41, 5.74) is 0.108. The summed E-state index contributed by atoms with van der Waals surface area (Å²) < 4.78 is 18.5. The van der Waals surface area contributed by atoms with Gasteiger partial charge >= 0.3 is 0 Å². The molecule has 1 saturated carbocycles. The Morgan fingerprint density at radius 2 is 2.15 bits per heavy atom. The van der Waals surface area contributed by atoms with E-state index in [9.17, 15) is 9.18 Å². The topological polar surface area (TPSA) is 71.1 Å². The lowest BCUT2D eigenvalue weighted by Crippen LogP contribution is -2.39. The zero-order chi connectivity index (χ0) is 18.9. The molecular formula is C20H25FN4O2. The van der Waals surface area contributed by atoms with Crippen LogP contribution in [-0.2, 0) is 11.2 Å². The monoisotopic (exact) mass is 372 g/mol. The SMILES string of the molecule is CCCc1nc(C2CN(C(=O)COc3ccc(F)cc3)CC23CCC3)n[nH]1. The van der Waals surface area contributed by atoms with Gasteiger partial charge in [0.15, 0.2) is 12.4 Å². The quantitative estimate of drug-likeness (QED) is 0.846. The average molecular weight is 372 g/mol. The van der Waals surface area contributed by atoms with Crippen LogP contribution in [0, 0.1) is 11.2 Å². The van der Waals surface area contributed by atoms with Gasteiger partial charge in [-0.15, -0.1) is 0 Å². The smallest absolute Gasteiger partial charge is 0.260 e. The van der Waals surface area contributed by atoms with Crippen molar-refractivity contribution in [1.29, 1.82) is 0 Å². The van der Waals surface area contributed by atoms with E-state index in [1.165, 1.54) is 30.7 Å². The van der Waals surface area contributed by atoms with Crippen molar-refractivity contribution in [2.45, 2.75) is 44.9 Å². The normalized spacial score (nSPS) is 20.7. The van der Waals surface area contributed by atoms with Crippen LogP contribution in [-0.4, -0.2) is 45.7 Å². The molecule has 1 aromatic carbocycles. The van der Waals surface area contributed by atoms with E-state index in [4.69, 9.17) is 4.74 Å². The minimum Gasteiger partial charge on any atom is -0.484 e. The number of H-pyrrole nitrogens is 1. The maximum atomic E-state index is 13.0. The summed E-state index contributed by atoms with van der Waals surface area (Å²) in [7, 11) is 0. The van der Waals surface area contributed by atoms with E-state index in [1.54, 1.807) is 0 Å². The molecule has 2 aromatic rings. The Morgan fingerprint density at radius 3 is 2.81 bits per heavy atom. The van der Waals surface area contributed by atoms with Crippen LogP contribution in [0.25, 0.3) is 0 Å². The Kier molecular flexibility index (Phi) is 4.85. The van der Waals surface area contributed by atoms with Crippen molar-refractivity contribution in [2.24, 2.45) is 5.41 Å². The molecule has 7 heteroatoms. The van der Waals surface area contributed by atoms with Crippen LogP contribution < -0.4 is 4.74 Å². The molecule has 1 aliphatic carbocycles. The number of likely N-dealkylation sites (tertiary alicyclic amines) is 1. The fourth-order valence-electron chi connectivity index (χ4n) is 4.23. The highest BCUT2D eigenvalue weighted by molar-refractivity contribution is 5.78. The van der Waals surface area contributed by atoms with Crippen molar-refractivity contribution >= 4 is 5.91 Å². The Hall–Kier alpha value is -2.44. The summed E-state index contributed by atoms with van der Waals surface area (Å²) in [4.78, 5) is 19.2. The predicted octanol–water partition coefficient (Wildman–Crippen LogP) is 3.07. The van der Waals surface area contributed by atoms with Crippen molar-refractivity contribution in [2.75, 3.05) is 19.7 Å². The third-order valence-electron chi connectivity index (χ3n) is 5.87. The molecule has 4 rings (SSSR count). The number of nitrogens with zero attached hydrogens (tertiary/aromatic N) is 3. The first-order valence-electron chi connectivity index (χ1n) is 9.67. The zero-order valence-electron chi connectivity index (χ0n) is 15.6. The van der Waals surface area contributed by atoms with Gasteiger partial charge in [0.1, 0.15) is 17.4 Å². The third kappa shape index (κ3) is 3.55. The number of aryl methyl sites for hydroxylation is 1.